The fourth-order valence-electron chi connectivity index (χ4n) is 1.01. The van der Waals surface area contributed by atoms with Crippen LogP contribution in [-0.2, 0) is 15.1 Å². The quantitative estimate of drug-likeness (QED) is 0.557. The average Bonchev–Trinajstić information content (AvgIpc) is 2.17. The Morgan fingerprint density at radius 1 is 1.64 bits per heavy atom. The van der Waals surface area contributed by atoms with Crippen LogP contribution in [-0.4, -0.2) is 18.1 Å². The first kappa shape index (κ1) is 10.6. The van der Waals surface area contributed by atoms with Gasteiger partial charge in [-0.1, -0.05) is 6.07 Å². The number of esters is 1. The molecule has 0 unspecified atom stereocenters. The Bertz CT molecular complexity index is 335. The normalized spacial score (nSPS) is 14.6. The van der Waals surface area contributed by atoms with Gasteiger partial charge in [-0.15, -0.1) is 0 Å². The van der Waals surface area contributed by atoms with Crippen molar-refractivity contribution in [3.05, 3.63) is 29.8 Å². The Hall–Kier alpha value is -1.49. The Balaban J connectivity index is 3.03. The van der Waals surface area contributed by atoms with Crippen molar-refractivity contribution >= 4 is 5.97 Å². The molecule has 4 nitrogen and oxygen atoms in total. The minimum absolute atomic E-state index is 0.408. The molecule has 0 aliphatic carbocycles. The van der Waals surface area contributed by atoms with Gasteiger partial charge in [0.2, 0.25) is 5.95 Å². The second-order valence-corrected chi connectivity index (χ2v) is 3.06. The van der Waals surface area contributed by atoms with E-state index in [-0.39, 0.29) is 0 Å². The van der Waals surface area contributed by atoms with E-state index in [1.54, 1.807) is 0 Å². The van der Waals surface area contributed by atoms with Crippen molar-refractivity contribution in [3.8, 4) is 0 Å². The minimum Gasteiger partial charge on any atom is -0.467 e. The molecule has 0 fully saturated rings. The van der Waals surface area contributed by atoms with E-state index in [4.69, 9.17) is 5.73 Å². The Kier molecular flexibility index (Phi) is 2.81. The first-order valence-electron chi connectivity index (χ1n) is 3.98. The van der Waals surface area contributed by atoms with Crippen LogP contribution in [0.4, 0.5) is 4.39 Å². The third-order valence-electron chi connectivity index (χ3n) is 1.94. The van der Waals surface area contributed by atoms with Crippen LogP contribution < -0.4 is 5.73 Å². The summed E-state index contributed by atoms with van der Waals surface area (Å²) in [5.41, 5.74) is 4.82. The minimum atomic E-state index is -1.30. The molecule has 2 N–H and O–H groups in total. The zero-order valence-electron chi connectivity index (χ0n) is 7.95. The molecule has 1 rings (SSSR count). The summed E-state index contributed by atoms with van der Waals surface area (Å²) in [5, 5.41) is 0. The number of carbonyl (C=O) groups excluding carboxylic acids is 1. The van der Waals surface area contributed by atoms with E-state index >= 15 is 0 Å². The fraction of sp³-hybridized carbons (Fsp3) is 0.333. The van der Waals surface area contributed by atoms with Gasteiger partial charge in [-0.05, 0) is 13.0 Å². The van der Waals surface area contributed by atoms with E-state index in [0.29, 0.717) is 5.56 Å². The van der Waals surface area contributed by atoms with E-state index in [1.165, 1.54) is 26.3 Å². The molecular formula is C9H11FN2O2. The maximum absolute atomic E-state index is 12.5. The van der Waals surface area contributed by atoms with Crippen LogP contribution in [0.5, 0.6) is 0 Å². The molecule has 1 atom stereocenters. The molecule has 0 radical (unpaired) electrons. The molecule has 0 aliphatic rings. The maximum Gasteiger partial charge on any atom is 0.330 e. The predicted molar refractivity (Wildman–Crippen MR) is 47.8 cm³/mol. The van der Waals surface area contributed by atoms with Gasteiger partial charge in [-0.25, -0.2) is 9.78 Å². The third kappa shape index (κ3) is 1.88. The lowest BCUT2D eigenvalue weighted by Gasteiger charge is -2.21. The second-order valence-electron chi connectivity index (χ2n) is 3.06. The number of hydrogen-bond acceptors (Lipinski definition) is 4. The van der Waals surface area contributed by atoms with Gasteiger partial charge in [0.15, 0.2) is 0 Å². The van der Waals surface area contributed by atoms with E-state index in [9.17, 15) is 9.18 Å². The van der Waals surface area contributed by atoms with Crippen LogP contribution in [0.25, 0.3) is 0 Å². The van der Waals surface area contributed by atoms with Gasteiger partial charge in [0.25, 0.3) is 0 Å². The van der Waals surface area contributed by atoms with Gasteiger partial charge in [-0.3, -0.25) is 0 Å². The molecule has 5 heteroatoms. The van der Waals surface area contributed by atoms with Gasteiger partial charge in [0.1, 0.15) is 5.54 Å². The van der Waals surface area contributed by atoms with Crippen molar-refractivity contribution < 1.29 is 13.9 Å². The van der Waals surface area contributed by atoms with Crippen LogP contribution in [0.2, 0.25) is 0 Å². The zero-order valence-corrected chi connectivity index (χ0v) is 7.95. The van der Waals surface area contributed by atoms with Crippen LogP contribution in [0.1, 0.15) is 12.5 Å². The Labute approximate surface area is 80.9 Å². The number of rotatable bonds is 2. The number of pyridine rings is 1. The van der Waals surface area contributed by atoms with Crippen LogP contribution in [0, 0.1) is 5.95 Å². The lowest BCUT2D eigenvalue weighted by Crippen LogP contribution is -2.42. The van der Waals surface area contributed by atoms with Crippen molar-refractivity contribution in [1.82, 2.24) is 4.98 Å². The van der Waals surface area contributed by atoms with Crippen molar-refractivity contribution in [2.45, 2.75) is 12.5 Å². The summed E-state index contributed by atoms with van der Waals surface area (Å²) >= 11 is 0. The monoisotopic (exact) mass is 198 g/mol. The lowest BCUT2D eigenvalue weighted by molar-refractivity contribution is -0.146. The first-order valence-corrected chi connectivity index (χ1v) is 3.98. The molecule has 1 aromatic rings. The summed E-state index contributed by atoms with van der Waals surface area (Å²) < 4.78 is 17.0. The molecule has 0 amide bonds. The van der Waals surface area contributed by atoms with Gasteiger partial charge >= 0.3 is 5.97 Å². The number of halogens is 1. The standard InChI is InChI=1S/C9H11FN2O2/c1-9(11,8(13)14-2)6-3-4-7(10)12-5-6/h3-5H,11H2,1-2H3/t9-/m0/s1. The summed E-state index contributed by atoms with van der Waals surface area (Å²) in [5.74, 6) is -1.21. The van der Waals surface area contributed by atoms with Crippen molar-refractivity contribution in [3.63, 3.8) is 0 Å². The highest BCUT2D eigenvalue weighted by Gasteiger charge is 2.31. The summed E-state index contributed by atoms with van der Waals surface area (Å²) in [6.07, 6.45) is 1.21. The average molecular weight is 198 g/mol. The summed E-state index contributed by atoms with van der Waals surface area (Å²) in [6.45, 7) is 1.48. The molecular weight excluding hydrogens is 187 g/mol. The summed E-state index contributed by atoms with van der Waals surface area (Å²) in [6, 6.07) is 2.54. The number of hydrogen-bond donors (Lipinski definition) is 1. The van der Waals surface area contributed by atoms with Crippen LogP contribution in [0.3, 0.4) is 0 Å². The van der Waals surface area contributed by atoms with Crippen LogP contribution in [0.15, 0.2) is 18.3 Å². The lowest BCUT2D eigenvalue weighted by atomic mass is 9.95. The fourth-order valence-corrected chi connectivity index (χ4v) is 1.01. The topological polar surface area (TPSA) is 65.2 Å². The molecule has 0 aliphatic heterocycles. The number of nitrogens with zero attached hydrogens (tertiary/aromatic N) is 1. The highest BCUT2D eigenvalue weighted by molar-refractivity contribution is 5.81. The van der Waals surface area contributed by atoms with Crippen LogP contribution >= 0.6 is 0 Å². The first-order chi connectivity index (χ1) is 6.48. The van der Waals surface area contributed by atoms with Crippen molar-refractivity contribution in [2.75, 3.05) is 7.11 Å². The third-order valence-corrected chi connectivity index (χ3v) is 1.94. The number of ether oxygens (including phenoxy) is 1. The molecule has 14 heavy (non-hydrogen) atoms. The second kappa shape index (κ2) is 3.71. The van der Waals surface area contributed by atoms with Gasteiger partial charge in [0, 0.05) is 11.8 Å². The van der Waals surface area contributed by atoms with E-state index in [1.807, 2.05) is 0 Å². The molecule has 76 valence electrons. The number of carbonyl (C=O) groups is 1. The summed E-state index contributed by atoms with van der Waals surface area (Å²) in [7, 11) is 1.24. The van der Waals surface area contributed by atoms with E-state index in [0.717, 1.165) is 6.07 Å². The Morgan fingerprint density at radius 2 is 2.29 bits per heavy atom. The molecule has 0 bridgehead atoms. The van der Waals surface area contributed by atoms with Gasteiger partial charge in [-0.2, -0.15) is 4.39 Å². The smallest absolute Gasteiger partial charge is 0.330 e. The molecule has 0 aromatic carbocycles. The molecule has 0 spiro atoms. The number of nitrogens with two attached hydrogens (primary N) is 1. The predicted octanol–water partition coefficient (Wildman–Crippen LogP) is 0.568. The largest absolute Gasteiger partial charge is 0.467 e. The highest BCUT2D eigenvalue weighted by Crippen LogP contribution is 2.18. The summed E-state index contributed by atoms with van der Waals surface area (Å²) in [4.78, 5) is 14.7. The van der Waals surface area contributed by atoms with Gasteiger partial charge in [0.05, 0.1) is 7.11 Å². The van der Waals surface area contributed by atoms with Crippen molar-refractivity contribution in [2.24, 2.45) is 5.73 Å². The zero-order chi connectivity index (χ0) is 10.8. The van der Waals surface area contributed by atoms with Gasteiger partial charge < -0.3 is 10.5 Å². The number of aromatic nitrogens is 1. The SMILES string of the molecule is COC(=O)[C@@](C)(N)c1ccc(F)nc1. The Morgan fingerprint density at radius 3 is 2.71 bits per heavy atom. The maximum atomic E-state index is 12.5. The number of methoxy groups -OCH3 is 1. The van der Waals surface area contributed by atoms with E-state index in [2.05, 4.69) is 9.72 Å². The molecule has 1 heterocycles. The highest BCUT2D eigenvalue weighted by atomic mass is 19.1. The van der Waals surface area contributed by atoms with Crippen molar-refractivity contribution in [1.29, 1.82) is 0 Å². The molecule has 0 saturated carbocycles. The molecule has 1 aromatic heterocycles. The van der Waals surface area contributed by atoms with E-state index < -0.39 is 17.5 Å². The molecule has 0 saturated heterocycles.